The number of aliphatic hydroxyl groups excluding tert-OH is 1. The molecule has 0 saturated heterocycles. The first-order valence-corrected chi connectivity index (χ1v) is 7.82. The van der Waals surface area contributed by atoms with E-state index >= 15 is 0 Å². The molecule has 1 aromatic heterocycles. The van der Waals surface area contributed by atoms with Gasteiger partial charge in [-0.25, -0.2) is 4.39 Å². The van der Waals surface area contributed by atoms with Gasteiger partial charge in [0.15, 0.2) is 4.77 Å². The molecular formula is C15H18FN3O2S. The summed E-state index contributed by atoms with van der Waals surface area (Å²) >= 11 is 5.00. The number of aliphatic hydroxyl groups is 1. The van der Waals surface area contributed by atoms with E-state index in [9.17, 15) is 14.3 Å². The molecule has 3 rings (SSSR count). The molecule has 1 aliphatic carbocycles. The van der Waals surface area contributed by atoms with E-state index in [4.69, 9.17) is 12.2 Å². The van der Waals surface area contributed by atoms with E-state index in [1.165, 1.54) is 12.1 Å². The molecular weight excluding hydrogens is 305 g/mol. The molecule has 0 spiro atoms. The smallest absolute Gasteiger partial charge is 0.253 e. The molecule has 1 amide bonds. The second-order valence-electron chi connectivity index (χ2n) is 5.76. The zero-order valence-electron chi connectivity index (χ0n) is 12.0. The van der Waals surface area contributed by atoms with E-state index in [1.807, 2.05) is 0 Å². The predicted molar refractivity (Wildman–Crippen MR) is 83.7 cm³/mol. The molecule has 1 aliphatic rings. The lowest BCUT2D eigenvalue weighted by Gasteiger charge is -2.30. The molecule has 118 valence electrons. The highest BCUT2D eigenvalue weighted by Gasteiger charge is 2.27. The SMILES string of the molecule is O=C(NC1CCCCC1CO)c1cc(F)cc2[nH]c(=S)[nH]c12. The lowest BCUT2D eigenvalue weighted by molar-refractivity contribution is 0.0873. The highest BCUT2D eigenvalue weighted by molar-refractivity contribution is 7.71. The third kappa shape index (κ3) is 2.91. The average molecular weight is 323 g/mol. The fourth-order valence-corrected chi connectivity index (χ4v) is 3.36. The Hall–Kier alpha value is -1.73. The summed E-state index contributed by atoms with van der Waals surface area (Å²) < 4.78 is 14.0. The van der Waals surface area contributed by atoms with Crippen LogP contribution in [0.4, 0.5) is 4.39 Å². The summed E-state index contributed by atoms with van der Waals surface area (Å²) in [6.45, 7) is 0.0517. The van der Waals surface area contributed by atoms with Crippen LogP contribution in [0.15, 0.2) is 12.1 Å². The largest absolute Gasteiger partial charge is 0.396 e. The summed E-state index contributed by atoms with van der Waals surface area (Å²) in [5, 5.41) is 12.4. The van der Waals surface area contributed by atoms with Crippen LogP contribution in [0.25, 0.3) is 11.0 Å². The maximum atomic E-state index is 13.7. The molecule has 5 nitrogen and oxygen atoms in total. The van der Waals surface area contributed by atoms with Gasteiger partial charge in [-0.15, -0.1) is 0 Å². The first kappa shape index (κ1) is 15.2. The maximum Gasteiger partial charge on any atom is 0.253 e. The lowest BCUT2D eigenvalue weighted by atomic mass is 9.85. The van der Waals surface area contributed by atoms with Gasteiger partial charge in [0.2, 0.25) is 0 Å². The van der Waals surface area contributed by atoms with Gasteiger partial charge in [0.1, 0.15) is 5.82 Å². The number of hydrogen-bond acceptors (Lipinski definition) is 3. The third-order valence-electron chi connectivity index (χ3n) is 4.29. The van der Waals surface area contributed by atoms with E-state index in [0.717, 1.165) is 25.7 Å². The van der Waals surface area contributed by atoms with Gasteiger partial charge in [-0.1, -0.05) is 12.8 Å². The van der Waals surface area contributed by atoms with Crippen LogP contribution in [0, 0.1) is 16.5 Å². The number of carbonyl (C=O) groups is 1. The van der Waals surface area contributed by atoms with E-state index in [2.05, 4.69) is 15.3 Å². The van der Waals surface area contributed by atoms with Crippen LogP contribution in [0.5, 0.6) is 0 Å². The van der Waals surface area contributed by atoms with Crippen molar-refractivity contribution in [3.8, 4) is 0 Å². The maximum absolute atomic E-state index is 13.7. The first-order chi connectivity index (χ1) is 10.6. The quantitative estimate of drug-likeness (QED) is 0.656. The van der Waals surface area contributed by atoms with Gasteiger partial charge >= 0.3 is 0 Å². The van der Waals surface area contributed by atoms with Crippen LogP contribution in [-0.2, 0) is 0 Å². The summed E-state index contributed by atoms with van der Waals surface area (Å²) in [4.78, 5) is 18.2. The zero-order valence-corrected chi connectivity index (χ0v) is 12.8. The number of halogens is 1. The molecule has 2 atom stereocenters. The Labute approximate surface area is 131 Å². The Morgan fingerprint density at radius 3 is 2.91 bits per heavy atom. The molecule has 1 saturated carbocycles. The van der Waals surface area contributed by atoms with Crippen LogP contribution >= 0.6 is 12.2 Å². The van der Waals surface area contributed by atoms with Crippen molar-refractivity contribution in [2.24, 2.45) is 5.92 Å². The van der Waals surface area contributed by atoms with Gasteiger partial charge in [-0.2, -0.15) is 0 Å². The van der Waals surface area contributed by atoms with Crippen molar-refractivity contribution in [1.82, 2.24) is 15.3 Å². The number of rotatable bonds is 3. The van der Waals surface area contributed by atoms with Crippen LogP contribution in [0.2, 0.25) is 0 Å². The summed E-state index contributed by atoms with van der Waals surface area (Å²) in [6.07, 6.45) is 3.81. The molecule has 4 N–H and O–H groups in total. The van der Waals surface area contributed by atoms with Crippen LogP contribution in [0.1, 0.15) is 36.0 Å². The minimum atomic E-state index is -0.495. The predicted octanol–water partition coefficient (Wildman–Crippen LogP) is 2.65. The van der Waals surface area contributed by atoms with E-state index in [1.54, 1.807) is 0 Å². The number of H-pyrrole nitrogens is 2. The number of carbonyl (C=O) groups excluding carboxylic acids is 1. The summed E-state index contributed by atoms with van der Waals surface area (Å²) in [6, 6.07) is 2.43. The number of fused-ring (bicyclic) bond motifs is 1. The second-order valence-corrected chi connectivity index (χ2v) is 6.17. The average Bonchev–Trinajstić information content (AvgIpc) is 2.86. The summed E-state index contributed by atoms with van der Waals surface area (Å²) in [5.41, 5.74) is 1.20. The molecule has 1 heterocycles. The number of imidazole rings is 1. The molecule has 0 radical (unpaired) electrons. The number of hydrogen-bond donors (Lipinski definition) is 4. The van der Waals surface area contributed by atoms with Gasteiger partial charge in [0, 0.05) is 18.6 Å². The van der Waals surface area contributed by atoms with Crippen molar-refractivity contribution in [3.05, 3.63) is 28.3 Å². The Kier molecular flexibility index (Phi) is 4.26. The van der Waals surface area contributed by atoms with E-state index in [-0.39, 0.29) is 30.0 Å². The molecule has 0 aliphatic heterocycles. The number of nitrogens with one attached hydrogen (secondary N) is 3. The van der Waals surface area contributed by atoms with Crippen molar-refractivity contribution in [3.63, 3.8) is 0 Å². The van der Waals surface area contributed by atoms with Gasteiger partial charge in [0.25, 0.3) is 5.91 Å². The standard InChI is InChI=1S/C15H18FN3O2S/c16-9-5-10(13-12(6-9)18-15(22)19-13)14(21)17-11-4-2-1-3-8(11)7-20/h5-6,8,11,20H,1-4,7H2,(H,17,21)(H2,18,19,22). The highest BCUT2D eigenvalue weighted by atomic mass is 32.1. The molecule has 1 aromatic carbocycles. The number of aromatic amines is 2. The van der Waals surface area contributed by atoms with Crippen molar-refractivity contribution < 1.29 is 14.3 Å². The van der Waals surface area contributed by atoms with Crippen molar-refractivity contribution >= 4 is 29.2 Å². The van der Waals surface area contributed by atoms with E-state index < -0.39 is 5.82 Å². The minimum Gasteiger partial charge on any atom is -0.396 e. The highest BCUT2D eigenvalue weighted by Crippen LogP contribution is 2.25. The molecule has 2 unspecified atom stereocenters. The molecule has 2 aromatic rings. The topological polar surface area (TPSA) is 80.9 Å². The summed E-state index contributed by atoms with van der Waals surface area (Å²) in [7, 11) is 0. The lowest BCUT2D eigenvalue weighted by Crippen LogP contribution is -2.43. The van der Waals surface area contributed by atoms with Crippen LogP contribution in [0.3, 0.4) is 0 Å². The Morgan fingerprint density at radius 1 is 1.36 bits per heavy atom. The Bertz CT molecular complexity index is 755. The van der Waals surface area contributed by atoms with Crippen LogP contribution in [-0.4, -0.2) is 33.6 Å². The first-order valence-electron chi connectivity index (χ1n) is 7.41. The van der Waals surface area contributed by atoms with Gasteiger partial charge in [-0.3, -0.25) is 4.79 Å². The molecule has 7 heteroatoms. The monoisotopic (exact) mass is 323 g/mol. The minimum absolute atomic E-state index is 0.0517. The van der Waals surface area contributed by atoms with Crippen LogP contribution < -0.4 is 5.32 Å². The number of benzene rings is 1. The fourth-order valence-electron chi connectivity index (χ4n) is 3.15. The molecule has 22 heavy (non-hydrogen) atoms. The summed E-state index contributed by atoms with van der Waals surface area (Å²) in [5.74, 6) is -0.781. The van der Waals surface area contributed by atoms with Gasteiger partial charge in [-0.05, 0) is 37.2 Å². The Balaban J connectivity index is 1.90. The van der Waals surface area contributed by atoms with Crippen molar-refractivity contribution in [2.45, 2.75) is 31.7 Å². The van der Waals surface area contributed by atoms with Gasteiger partial charge in [0.05, 0.1) is 16.6 Å². The van der Waals surface area contributed by atoms with Crippen molar-refractivity contribution in [2.75, 3.05) is 6.61 Å². The number of aromatic nitrogens is 2. The zero-order chi connectivity index (χ0) is 15.7. The third-order valence-corrected chi connectivity index (χ3v) is 4.50. The normalized spacial score (nSPS) is 21.9. The van der Waals surface area contributed by atoms with E-state index in [0.29, 0.717) is 15.8 Å². The number of amides is 1. The van der Waals surface area contributed by atoms with Gasteiger partial charge < -0.3 is 20.4 Å². The van der Waals surface area contributed by atoms with Crippen molar-refractivity contribution in [1.29, 1.82) is 0 Å². The second kappa shape index (κ2) is 6.18. The molecule has 0 bridgehead atoms. The molecule has 1 fully saturated rings. The fraction of sp³-hybridized carbons (Fsp3) is 0.467. The Morgan fingerprint density at radius 2 is 2.14 bits per heavy atom.